The van der Waals surface area contributed by atoms with E-state index in [-0.39, 0.29) is 16.5 Å². The molecule has 160 valence electrons. The quantitative estimate of drug-likeness (QED) is 0.347. The molecule has 0 bridgehead atoms. The van der Waals surface area contributed by atoms with E-state index in [1.165, 1.54) is 19.2 Å². The molecule has 0 saturated heterocycles. The van der Waals surface area contributed by atoms with Gasteiger partial charge in [0, 0.05) is 18.3 Å². The van der Waals surface area contributed by atoms with E-state index in [1.807, 2.05) is 0 Å². The van der Waals surface area contributed by atoms with E-state index in [2.05, 4.69) is 5.32 Å². The van der Waals surface area contributed by atoms with Crippen molar-refractivity contribution in [3.05, 3.63) is 91.2 Å². The average molecular weight is 448 g/mol. The summed E-state index contributed by atoms with van der Waals surface area (Å²) in [7, 11) is 1.41. The van der Waals surface area contributed by atoms with Crippen LogP contribution in [0, 0.1) is 26.0 Å². The topological polar surface area (TPSA) is 117 Å². The number of rotatable bonds is 8. The van der Waals surface area contributed by atoms with Gasteiger partial charge in [0.1, 0.15) is 5.82 Å². The van der Waals surface area contributed by atoms with Crippen molar-refractivity contribution in [3.8, 4) is 17.2 Å². The second-order valence-corrected chi connectivity index (χ2v) is 6.64. The first-order valence-electron chi connectivity index (χ1n) is 8.75. The Kier molecular flexibility index (Phi) is 6.51. The summed E-state index contributed by atoms with van der Waals surface area (Å²) in [5.74, 6) is -0.200. The van der Waals surface area contributed by atoms with E-state index in [0.717, 1.165) is 23.8 Å². The zero-order valence-corrected chi connectivity index (χ0v) is 16.8. The van der Waals surface area contributed by atoms with Crippen LogP contribution in [0.25, 0.3) is 0 Å². The molecule has 3 aromatic rings. The van der Waals surface area contributed by atoms with Crippen LogP contribution in [0.2, 0.25) is 5.02 Å². The number of nitrogens with one attached hydrogen (secondary N) is 1. The zero-order valence-electron chi connectivity index (χ0n) is 16.0. The van der Waals surface area contributed by atoms with E-state index in [4.69, 9.17) is 21.1 Å². The highest BCUT2D eigenvalue weighted by molar-refractivity contribution is 6.31. The van der Waals surface area contributed by atoms with E-state index < -0.39 is 27.0 Å². The number of halogens is 2. The van der Waals surface area contributed by atoms with E-state index in [0.29, 0.717) is 18.0 Å². The molecule has 3 rings (SSSR count). The molecule has 0 aliphatic carbocycles. The van der Waals surface area contributed by atoms with Crippen LogP contribution >= 0.6 is 11.6 Å². The van der Waals surface area contributed by atoms with E-state index in [9.17, 15) is 24.6 Å². The standard InChI is InChI=1S/C20H15ClFN3O6/c1-30-20-8-12(11-23-13-3-5-16(22)15(21)9-13)2-6-19(20)31-18-7-4-14(24(26)27)10-17(18)25(28)29/h2-10,23H,11H2,1H3. The molecule has 0 aromatic heterocycles. The van der Waals surface area contributed by atoms with Gasteiger partial charge in [-0.25, -0.2) is 4.39 Å². The monoisotopic (exact) mass is 447 g/mol. The minimum Gasteiger partial charge on any atom is -0.493 e. The summed E-state index contributed by atoms with van der Waals surface area (Å²) in [4.78, 5) is 20.7. The van der Waals surface area contributed by atoms with Gasteiger partial charge in [-0.1, -0.05) is 17.7 Å². The molecule has 0 amide bonds. The average Bonchev–Trinajstić information content (AvgIpc) is 2.75. The first-order valence-corrected chi connectivity index (χ1v) is 9.13. The van der Waals surface area contributed by atoms with Crippen molar-refractivity contribution in [1.29, 1.82) is 0 Å². The maximum Gasteiger partial charge on any atom is 0.318 e. The Hall–Kier alpha value is -3.92. The predicted molar refractivity (Wildman–Crippen MR) is 112 cm³/mol. The number of benzene rings is 3. The molecule has 31 heavy (non-hydrogen) atoms. The Balaban J connectivity index is 1.81. The fourth-order valence-electron chi connectivity index (χ4n) is 2.68. The lowest BCUT2D eigenvalue weighted by atomic mass is 10.2. The van der Waals surface area contributed by atoms with Crippen molar-refractivity contribution in [3.63, 3.8) is 0 Å². The highest BCUT2D eigenvalue weighted by Crippen LogP contribution is 2.38. The molecular weight excluding hydrogens is 433 g/mol. The SMILES string of the molecule is COc1cc(CNc2ccc(F)c(Cl)c2)ccc1Oc1ccc([N+](=O)[O-])cc1[N+](=O)[O-]. The van der Waals surface area contributed by atoms with Crippen LogP contribution in [0.4, 0.5) is 21.5 Å². The number of non-ortho nitro benzene ring substituents is 1. The summed E-state index contributed by atoms with van der Waals surface area (Å²) in [5, 5.41) is 25.2. The third-order valence-electron chi connectivity index (χ3n) is 4.21. The predicted octanol–water partition coefficient (Wildman–Crippen LogP) is 5.71. The molecule has 0 aliphatic heterocycles. The van der Waals surface area contributed by atoms with Gasteiger partial charge in [0.25, 0.3) is 5.69 Å². The van der Waals surface area contributed by atoms with Crippen LogP contribution in [0.1, 0.15) is 5.56 Å². The largest absolute Gasteiger partial charge is 0.493 e. The molecule has 0 spiro atoms. The Morgan fingerprint density at radius 1 is 0.968 bits per heavy atom. The Morgan fingerprint density at radius 3 is 2.35 bits per heavy atom. The minimum absolute atomic E-state index is 0.00368. The van der Waals surface area contributed by atoms with Gasteiger partial charge in [0.2, 0.25) is 5.75 Å². The fraction of sp³-hybridized carbons (Fsp3) is 0.100. The molecule has 0 aliphatic rings. The number of nitro groups is 2. The number of methoxy groups -OCH3 is 1. The second-order valence-electron chi connectivity index (χ2n) is 6.24. The lowest BCUT2D eigenvalue weighted by Crippen LogP contribution is -2.01. The molecule has 1 N–H and O–H groups in total. The Bertz CT molecular complexity index is 1160. The number of hydrogen-bond donors (Lipinski definition) is 1. The van der Waals surface area contributed by atoms with E-state index >= 15 is 0 Å². The third-order valence-corrected chi connectivity index (χ3v) is 4.50. The minimum atomic E-state index is -0.763. The smallest absolute Gasteiger partial charge is 0.318 e. The lowest BCUT2D eigenvalue weighted by Gasteiger charge is -2.13. The summed E-state index contributed by atoms with van der Waals surface area (Å²) < 4.78 is 24.2. The number of ether oxygens (including phenoxy) is 2. The van der Waals surface area contributed by atoms with Crippen molar-refractivity contribution >= 4 is 28.7 Å². The molecule has 0 unspecified atom stereocenters. The summed E-state index contributed by atoms with van der Waals surface area (Å²) in [6.07, 6.45) is 0. The highest BCUT2D eigenvalue weighted by Gasteiger charge is 2.22. The summed E-state index contributed by atoms with van der Waals surface area (Å²) >= 11 is 5.77. The molecule has 0 saturated carbocycles. The lowest BCUT2D eigenvalue weighted by molar-refractivity contribution is -0.394. The molecule has 9 nitrogen and oxygen atoms in total. The highest BCUT2D eigenvalue weighted by atomic mass is 35.5. The zero-order chi connectivity index (χ0) is 22.5. The van der Waals surface area contributed by atoms with Crippen LogP contribution in [0.15, 0.2) is 54.6 Å². The second kappa shape index (κ2) is 9.26. The van der Waals surface area contributed by atoms with Gasteiger partial charge in [-0.05, 0) is 42.0 Å². The Morgan fingerprint density at radius 2 is 1.71 bits per heavy atom. The van der Waals surface area contributed by atoms with Crippen LogP contribution in [-0.4, -0.2) is 17.0 Å². The van der Waals surface area contributed by atoms with Crippen LogP contribution in [0.5, 0.6) is 17.2 Å². The molecule has 0 heterocycles. The van der Waals surface area contributed by atoms with Crippen molar-refractivity contribution < 1.29 is 23.7 Å². The molecule has 0 radical (unpaired) electrons. The summed E-state index contributed by atoms with van der Waals surface area (Å²) in [6.45, 7) is 0.357. The van der Waals surface area contributed by atoms with Crippen molar-refractivity contribution in [2.24, 2.45) is 0 Å². The number of anilines is 1. The fourth-order valence-corrected chi connectivity index (χ4v) is 2.86. The summed E-state index contributed by atoms with van der Waals surface area (Å²) in [5.41, 5.74) is 0.429. The molecule has 0 fully saturated rings. The van der Waals surface area contributed by atoms with Gasteiger partial charge >= 0.3 is 5.69 Å². The van der Waals surface area contributed by atoms with E-state index in [1.54, 1.807) is 24.3 Å². The van der Waals surface area contributed by atoms with Gasteiger partial charge in [0.15, 0.2) is 11.5 Å². The number of hydrogen-bond acceptors (Lipinski definition) is 7. The molecular formula is C20H15ClFN3O6. The van der Waals surface area contributed by atoms with Gasteiger partial charge in [0.05, 0.1) is 28.0 Å². The third kappa shape index (κ3) is 5.17. The Labute approximate surface area is 180 Å². The normalized spacial score (nSPS) is 10.4. The van der Waals surface area contributed by atoms with Gasteiger partial charge in [-0.3, -0.25) is 20.2 Å². The number of nitro benzene ring substituents is 2. The van der Waals surface area contributed by atoms with Crippen molar-refractivity contribution in [2.75, 3.05) is 12.4 Å². The maximum atomic E-state index is 13.3. The first-order chi connectivity index (χ1) is 14.8. The molecule has 3 aromatic carbocycles. The first kappa shape index (κ1) is 21.8. The summed E-state index contributed by atoms with van der Waals surface area (Å²) in [6, 6.07) is 12.3. The van der Waals surface area contributed by atoms with Crippen molar-refractivity contribution in [2.45, 2.75) is 6.54 Å². The van der Waals surface area contributed by atoms with Crippen LogP contribution < -0.4 is 14.8 Å². The maximum absolute atomic E-state index is 13.3. The molecule has 0 atom stereocenters. The van der Waals surface area contributed by atoms with Gasteiger partial charge in [-0.15, -0.1) is 0 Å². The number of nitrogens with zero attached hydrogens (tertiary/aromatic N) is 2. The molecule has 11 heteroatoms. The van der Waals surface area contributed by atoms with Crippen LogP contribution in [0.3, 0.4) is 0 Å². The van der Waals surface area contributed by atoms with Crippen LogP contribution in [-0.2, 0) is 6.54 Å². The van der Waals surface area contributed by atoms with Gasteiger partial charge in [-0.2, -0.15) is 0 Å². The van der Waals surface area contributed by atoms with Gasteiger partial charge < -0.3 is 14.8 Å². The van der Waals surface area contributed by atoms with Crippen molar-refractivity contribution in [1.82, 2.24) is 0 Å².